The third-order valence-corrected chi connectivity index (χ3v) is 4.43. The molecule has 1 unspecified atom stereocenters. The van der Waals surface area contributed by atoms with E-state index in [4.69, 9.17) is 0 Å². The van der Waals surface area contributed by atoms with E-state index in [0.29, 0.717) is 0 Å². The number of para-hydroxylation sites is 1. The van der Waals surface area contributed by atoms with Crippen LogP contribution in [0.15, 0.2) is 24.3 Å². The summed E-state index contributed by atoms with van der Waals surface area (Å²) in [6, 6.07) is 7.81. The van der Waals surface area contributed by atoms with Crippen molar-refractivity contribution in [2.24, 2.45) is 0 Å². The van der Waals surface area contributed by atoms with E-state index in [1.165, 1.54) is 5.30 Å². The second-order valence-corrected chi connectivity index (χ2v) is 5.75. The van der Waals surface area contributed by atoms with Crippen molar-refractivity contribution in [3.63, 3.8) is 0 Å². The fourth-order valence-corrected chi connectivity index (χ4v) is 2.49. The Kier molecular flexibility index (Phi) is 4.57. The molecule has 1 aromatic carbocycles. The second kappa shape index (κ2) is 5.72. The minimum atomic E-state index is -0.172. The highest BCUT2D eigenvalue weighted by Crippen LogP contribution is 2.31. The fourth-order valence-electron chi connectivity index (χ4n) is 1.27. The molecule has 0 aliphatic heterocycles. The number of carbonyl (C=O) groups is 1. The van der Waals surface area contributed by atoms with Crippen LogP contribution < -0.4 is 15.9 Å². The molecule has 0 saturated heterocycles. The van der Waals surface area contributed by atoms with Gasteiger partial charge in [0.25, 0.3) is 0 Å². The molecule has 0 bridgehead atoms. The van der Waals surface area contributed by atoms with E-state index in [9.17, 15) is 4.79 Å². The second-order valence-electron chi connectivity index (χ2n) is 3.24. The molecule has 1 rings (SSSR count). The van der Waals surface area contributed by atoms with Crippen LogP contribution in [-0.2, 0) is 0 Å². The number of benzene rings is 1. The molecule has 0 heterocycles. The van der Waals surface area contributed by atoms with Crippen LogP contribution in [0.3, 0.4) is 0 Å². The maximum Gasteiger partial charge on any atom is 0.318 e. The minimum Gasteiger partial charge on any atom is -0.341 e. The molecule has 2 N–H and O–H groups in total. The van der Waals surface area contributed by atoms with E-state index in [-0.39, 0.29) is 14.0 Å². The molecule has 0 aliphatic rings. The molecule has 0 radical (unpaired) electrons. The van der Waals surface area contributed by atoms with Crippen molar-refractivity contribution in [3.8, 4) is 0 Å². The van der Waals surface area contributed by atoms with Crippen molar-refractivity contribution < 1.29 is 4.79 Å². The summed E-state index contributed by atoms with van der Waals surface area (Å²) in [7, 11) is 1.45. The molecule has 15 heavy (non-hydrogen) atoms. The molecule has 1 aromatic rings. The van der Waals surface area contributed by atoms with Gasteiger partial charge in [0.1, 0.15) is 0 Å². The Morgan fingerprint density at radius 3 is 2.67 bits per heavy atom. The van der Waals surface area contributed by atoms with Gasteiger partial charge in [0.15, 0.2) is 0 Å². The molecule has 0 saturated carbocycles. The molecule has 1 atom stereocenters. The molecule has 3 nitrogen and oxygen atoms in total. The van der Waals surface area contributed by atoms with Crippen LogP contribution in [0.1, 0.15) is 6.92 Å². The largest absolute Gasteiger partial charge is 0.341 e. The first-order valence-corrected chi connectivity index (χ1v) is 6.95. The summed E-state index contributed by atoms with van der Waals surface area (Å²) in [4.78, 5) is 11.2. The summed E-state index contributed by atoms with van der Waals surface area (Å²) in [5, 5.41) is 6.65. The van der Waals surface area contributed by atoms with Crippen LogP contribution in [0.25, 0.3) is 0 Å². The van der Waals surface area contributed by atoms with Crippen molar-refractivity contribution in [2.75, 3.05) is 25.2 Å². The Hall–Kier alpha value is -1.08. The average Bonchev–Trinajstić information content (AvgIpc) is 2.28. The number of carbonyl (C=O) groups excluding carboxylic acids is 1. The van der Waals surface area contributed by atoms with Gasteiger partial charge in [-0.25, -0.2) is 4.79 Å². The van der Waals surface area contributed by atoms with Crippen molar-refractivity contribution in [2.45, 2.75) is 6.92 Å². The third kappa shape index (κ3) is 3.21. The highest BCUT2D eigenvalue weighted by Gasteiger charge is 2.09. The minimum absolute atomic E-state index is 0.165. The Morgan fingerprint density at radius 2 is 2.07 bits per heavy atom. The van der Waals surface area contributed by atoms with Gasteiger partial charge in [-0.3, -0.25) is 0 Å². The topological polar surface area (TPSA) is 41.1 Å². The number of amides is 2. The van der Waals surface area contributed by atoms with Crippen molar-refractivity contribution >= 4 is 24.9 Å². The van der Waals surface area contributed by atoms with Crippen LogP contribution in [0.2, 0.25) is 0 Å². The third-order valence-electron chi connectivity index (χ3n) is 2.26. The summed E-state index contributed by atoms with van der Waals surface area (Å²) < 4.78 is 0. The number of rotatable bonds is 3. The Bertz CT molecular complexity index is 341. The first-order chi connectivity index (χ1) is 7.19. The monoisotopic (exact) mass is 224 g/mol. The van der Waals surface area contributed by atoms with Crippen molar-refractivity contribution in [3.05, 3.63) is 24.3 Å². The van der Waals surface area contributed by atoms with Gasteiger partial charge in [0.05, 0.1) is 5.69 Å². The standard InChI is InChI=1S/C11H17N2OP/c1-4-15(3)10-8-6-5-7-9(10)13-11(14)12-2/h5-8H,4H2,1-3H3,(H2,12,13,14). The molecule has 4 heteroatoms. The van der Waals surface area contributed by atoms with Crippen LogP contribution in [0.4, 0.5) is 10.5 Å². The van der Waals surface area contributed by atoms with E-state index in [1.54, 1.807) is 7.05 Å². The molecule has 0 aromatic heterocycles. The number of hydrogen-bond acceptors (Lipinski definition) is 1. The zero-order chi connectivity index (χ0) is 11.3. The molecule has 2 amide bonds. The summed E-state index contributed by atoms with van der Waals surface area (Å²) in [6.07, 6.45) is 1.13. The van der Waals surface area contributed by atoms with Gasteiger partial charge < -0.3 is 10.6 Å². The predicted octanol–water partition coefficient (Wildman–Crippen LogP) is 2.19. The Balaban J connectivity index is 2.91. The first kappa shape index (κ1) is 12.0. The maximum atomic E-state index is 11.2. The molecular weight excluding hydrogens is 207 g/mol. The number of nitrogens with one attached hydrogen (secondary N) is 2. The molecule has 0 spiro atoms. The van der Waals surface area contributed by atoms with Crippen molar-refractivity contribution in [1.29, 1.82) is 0 Å². The Labute approximate surface area is 92.0 Å². The van der Waals surface area contributed by atoms with Gasteiger partial charge in [-0.05, 0) is 24.2 Å². The summed E-state index contributed by atoms with van der Waals surface area (Å²) in [6.45, 7) is 4.39. The zero-order valence-corrected chi connectivity index (χ0v) is 10.3. The van der Waals surface area contributed by atoms with Gasteiger partial charge in [-0.15, -0.1) is 0 Å². The lowest BCUT2D eigenvalue weighted by Gasteiger charge is -2.15. The smallest absolute Gasteiger partial charge is 0.318 e. The van der Waals surface area contributed by atoms with E-state index < -0.39 is 0 Å². The average molecular weight is 224 g/mol. The zero-order valence-electron chi connectivity index (χ0n) is 9.37. The SMILES string of the molecule is CCP(C)c1ccccc1NC(=O)NC. The highest BCUT2D eigenvalue weighted by molar-refractivity contribution is 7.65. The summed E-state index contributed by atoms with van der Waals surface area (Å²) in [5.41, 5.74) is 0.923. The van der Waals surface area contributed by atoms with Gasteiger partial charge >= 0.3 is 6.03 Å². The molecule has 0 aliphatic carbocycles. The number of hydrogen-bond donors (Lipinski definition) is 2. The fraction of sp³-hybridized carbons (Fsp3) is 0.364. The number of anilines is 1. The number of urea groups is 1. The van der Waals surface area contributed by atoms with Gasteiger partial charge in [-0.2, -0.15) is 0 Å². The van der Waals surface area contributed by atoms with E-state index in [2.05, 4.69) is 30.3 Å². The van der Waals surface area contributed by atoms with Crippen LogP contribution in [0.5, 0.6) is 0 Å². The van der Waals surface area contributed by atoms with Crippen LogP contribution >= 0.6 is 7.92 Å². The molecule has 0 fully saturated rings. The highest BCUT2D eigenvalue weighted by atomic mass is 31.1. The lowest BCUT2D eigenvalue weighted by atomic mass is 10.3. The van der Waals surface area contributed by atoms with Gasteiger partial charge in [0, 0.05) is 7.05 Å². The molecular formula is C11H17N2OP. The van der Waals surface area contributed by atoms with Crippen LogP contribution in [-0.4, -0.2) is 25.9 Å². The first-order valence-electron chi connectivity index (χ1n) is 4.98. The normalized spacial score (nSPS) is 11.9. The van der Waals surface area contributed by atoms with Crippen LogP contribution in [0, 0.1) is 0 Å². The summed E-state index contributed by atoms with van der Waals surface area (Å²) in [5.74, 6) is 0. The summed E-state index contributed by atoms with van der Waals surface area (Å²) >= 11 is 0. The quantitative estimate of drug-likeness (QED) is 0.759. The predicted molar refractivity (Wildman–Crippen MR) is 67.5 cm³/mol. The maximum absolute atomic E-state index is 11.2. The van der Waals surface area contributed by atoms with E-state index in [1.807, 2.05) is 18.2 Å². The van der Waals surface area contributed by atoms with Crippen molar-refractivity contribution in [1.82, 2.24) is 5.32 Å². The Morgan fingerprint density at radius 1 is 1.40 bits per heavy atom. The molecule has 82 valence electrons. The van der Waals surface area contributed by atoms with E-state index in [0.717, 1.165) is 11.8 Å². The lowest BCUT2D eigenvalue weighted by Crippen LogP contribution is -2.27. The lowest BCUT2D eigenvalue weighted by molar-refractivity contribution is 0.254. The van der Waals surface area contributed by atoms with Gasteiger partial charge in [0.2, 0.25) is 0 Å². The van der Waals surface area contributed by atoms with Gasteiger partial charge in [-0.1, -0.05) is 33.0 Å². The van der Waals surface area contributed by atoms with E-state index >= 15 is 0 Å².